The average molecular weight is 245 g/mol. The standard InChI is InChI=1S/C14H15NO3/c1-10(16)12-9-15(8-7-13(12)17)14(18)11-5-3-2-4-6-11/h2-6,12H,7-9H2,1H3. The molecule has 1 amide bonds. The van der Waals surface area contributed by atoms with Crippen LogP contribution in [0.15, 0.2) is 30.3 Å². The van der Waals surface area contributed by atoms with Gasteiger partial charge in [-0.1, -0.05) is 18.2 Å². The van der Waals surface area contributed by atoms with Gasteiger partial charge in [0.05, 0.1) is 5.92 Å². The zero-order valence-corrected chi connectivity index (χ0v) is 10.3. The zero-order valence-electron chi connectivity index (χ0n) is 10.3. The molecule has 0 aliphatic carbocycles. The van der Waals surface area contributed by atoms with Crippen molar-refractivity contribution in [2.75, 3.05) is 13.1 Å². The van der Waals surface area contributed by atoms with Crippen molar-refractivity contribution in [3.05, 3.63) is 35.9 Å². The van der Waals surface area contributed by atoms with Crippen molar-refractivity contribution in [2.24, 2.45) is 5.92 Å². The smallest absolute Gasteiger partial charge is 0.253 e. The van der Waals surface area contributed by atoms with Gasteiger partial charge in [0, 0.05) is 25.1 Å². The van der Waals surface area contributed by atoms with Crippen LogP contribution in [0.2, 0.25) is 0 Å². The van der Waals surface area contributed by atoms with Gasteiger partial charge in [-0.2, -0.15) is 0 Å². The summed E-state index contributed by atoms with van der Waals surface area (Å²) in [7, 11) is 0. The first-order valence-electron chi connectivity index (χ1n) is 5.97. The van der Waals surface area contributed by atoms with Crippen LogP contribution in [0, 0.1) is 5.92 Å². The third-order valence-corrected chi connectivity index (χ3v) is 3.22. The van der Waals surface area contributed by atoms with E-state index in [4.69, 9.17) is 0 Å². The number of piperidine rings is 1. The second-order valence-corrected chi connectivity index (χ2v) is 4.50. The van der Waals surface area contributed by atoms with Crippen molar-refractivity contribution in [3.8, 4) is 0 Å². The monoisotopic (exact) mass is 245 g/mol. The number of amides is 1. The highest BCUT2D eigenvalue weighted by Gasteiger charge is 2.32. The molecule has 0 bridgehead atoms. The number of ketones is 2. The van der Waals surface area contributed by atoms with E-state index in [2.05, 4.69) is 0 Å². The molecule has 0 spiro atoms. The van der Waals surface area contributed by atoms with Gasteiger partial charge in [0.15, 0.2) is 0 Å². The summed E-state index contributed by atoms with van der Waals surface area (Å²) in [5, 5.41) is 0. The molecule has 1 aliphatic rings. The molecule has 1 fully saturated rings. The van der Waals surface area contributed by atoms with E-state index in [1.165, 1.54) is 6.92 Å². The van der Waals surface area contributed by atoms with Crippen molar-refractivity contribution < 1.29 is 14.4 Å². The number of Topliss-reactive ketones (excluding diaryl/α,β-unsaturated/α-hetero) is 2. The molecule has 0 saturated carbocycles. The second-order valence-electron chi connectivity index (χ2n) is 4.50. The van der Waals surface area contributed by atoms with Gasteiger partial charge in [-0.3, -0.25) is 14.4 Å². The predicted molar refractivity (Wildman–Crippen MR) is 66.1 cm³/mol. The fraction of sp³-hybridized carbons (Fsp3) is 0.357. The largest absolute Gasteiger partial charge is 0.337 e. The Labute approximate surface area is 106 Å². The van der Waals surface area contributed by atoms with Crippen molar-refractivity contribution in [1.29, 1.82) is 0 Å². The zero-order chi connectivity index (χ0) is 13.1. The third-order valence-electron chi connectivity index (χ3n) is 3.22. The first kappa shape index (κ1) is 12.5. The normalized spacial score (nSPS) is 19.7. The highest BCUT2D eigenvalue weighted by Crippen LogP contribution is 2.16. The van der Waals surface area contributed by atoms with Crippen LogP contribution in [0.5, 0.6) is 0 Å². The van der Waals surface area contributed by atoms with E-state index in [1.807, 2.05) is 6.07 Å². The molecule has 18 heavy (non-hydrogen) atoms. The maximum atomic E-state index is 12.2. The summed E-state index contributed by atoms with van der Waals surface area (Å²) in [4.78, 5) is 36.7. The average Bonchev–Trinajstić information content (AvgIpc) is 2.39. The lowest BCUT2D eigenvalue weighted by Crippen LogP contribution is -2.46. The number of likely N-dealkylation sites (tertiary alicyclic amines) is 1. The number of hydrogen-bond donors (Lipinski definition) is 0. The van der Waals surface area contributed by atoms with Crippen LogP contribution >= 0.6 is 0 Å². The number of rotatable bonds is 2. The molecule has 0 aromatic heterocycles. The summed E-state index contributed by atoms with van der Waals surface area (Å²) in [6.07, 6.45) is 0.267. The molecule has 94 valence electrons. The Kier molecular flexibility index (Phi) is 3.55. The fourth-order valence-corrected chi connectivity index (χ4v) is 2.14. The van der Waals surface area contributed by atoms with Crippen LogP contribution in [0.25, 0.3) is 0 Å². The van der Waals surface area contributed by atoms with E-state index >= 15 is 0 Å². The van der Waals surface area contributed by atoms with Crippen LogP contribution in [0.1, 0.15) is 23.7 Å². The number of benzene rings is 1. The highest BCUT2D eigenvalue weighted by molar-refractivity contribution is 6.04. The van der Waals surface area contributed by atoms with E-state index in [1.54, 1.807) is 29.2 Å². The van der Waals surface area contributed by atoms with Gasteiger partial charge in [0.25, 0.3) is 5.91 Å². The molecule has 1 heterocycles. The molecule has 1 aromatic carbocycles. The van der Waals surface area contributed by atoms with Gasteiger partial charge in [-0.25, -0.2) is 0 Å². The van der Waals surface area contributed by atoms with Crippen LogP contribution in [-0.4, -0.2) is 35.5 Å². The van der Waals surface area contributed by atoms with Gasteiger partial charge >= 0.3 is 0 Å². The topological polar surface area (TPSA) is 54.5 Å². The van der Waals surface area contributed by atoms with Crippen molar-refractivity contribution in [3.63, 3.8) is 0 Å². The lowest BCUT2D eigenvalue weighted by molar-refractivity contribution is -0.134. The first-order valence-corrected chi connectivity index (χ1v) is 5.97. The molecule has 2 rings (SSSR count). The molecular weight excluding hydrogens is 230 g/mol. The van der Waals surface area contributed by atoms with E-state index in [0.29, 0.717) is 12.1 Å². The Balaban J connectivity index is 2.13. The summed E-state index contributed by atoms with van der Waals surface area (Å²) in [5.74, 6) is -0.981. The van der Waals surface area contributed by atoms with Crippen LogP contribution in [0.3, 0.4) is 0 Å². The quantitative estimate of drug-likeness (QED) is 0.738. The van der Waals surface area contributed by atoms with Gasteiger partial charge in [0.2, 0.25) is 0 Å². The van der Waals surface area contributed by atoms with Crippen molar-refractivity contribution >= 4 is 17.5 Å². The number of carbonyl (C=O) groups is 3. The van der Waals surface area contributed by atoms with E-state index in [9.17, 15) is 14.4 Å². The minimum atomic E-state index is -0.647. The highest BCUT2D eigenvalue weighted by atomic mass is 16.2. The molecule has 1 aliphatic heterocycles. The molecule has 1 unspecified atom stereocenters. The van der Waals surface area contributed by atoms with Crippen molar-refractivity contribution in [1.82, 2.24) is 4.90 Å². The first-order chi connectivity index (χ1) is 8.59. The summed E-state index contributed by atoms with van der Waals surface area (Å²) >= 11 is 0. The number of hydrogen-bond acceptors (Lipinski definition) is 3. The van der Waals surface area contributed by atoms with Crippen molar-refractivity contribution in [2.45, 2.75) is 13.3 Å². The molecule has 0 N–H and O–H groups in total. The summed E-state index contributed by atoms with van der Waals surface area (Å²) in [6, 6.07) is 8.91. The molecule has 1 saturated heterocycles. The third kappa shape index (κ3) is 2.47. The molecule has 4 nitrogen and oxygen atoms in total. The molecular formula is C14H15NO3. The Hall–Kier alpha value is -1.97. The van der Waals surface area contributed by atoms with Gasteiger partial charge < -0.3 is 4.90 Å². The second kappa shape index (κ2) is 5.12. The van der Waals surface area contributed by atoms with E-state index in [0.717, 1.165) is 0 Å². The Morgan fingerprint density at radius 2 is 1.89 bits per heavy atom. The van der Waals surface area contributed by atoms with Crippen LogP contribution in [-0.2, 0) is 9.59 Å². The molecule has 1 atom stereocenters. The Morgan fingerprint density at radius 3 is 2.50 bits per heavy atom. The van der Waals surface area contributed by atoms with Gasteiger partial charge in [0.1, 0.15) is 11.6 Å². The predicted octanol–water partition coefficient (Wildman–Crippen LogP) is 1.31. The minimum Gasteiger partial charge on any atom is -0.337 e. The SMILES string of the molecule is CC(=O)C1CN(C(=O)c2ccccc2)CCC1=O. The number of nitrogens with zero attached hydrogens (tertiary/aromatic N) is 1. The Morgan fingerprint density at radius 1 is 1.22 bits per heavy atom. The minimum absolute atomic E-state index is 0.0559. The fourth-order valence-electron chi connectivity index (χ4n) is 2.14. The maximum absolute atomic E-state index is 12.2. The van der Waals surface area contributed by atoms with Gasteiger partial charge in [-0.15, -0.1) is 0 Å². The van der Waals surface area contributed by atoms with E-state index in [-0.39, 0.29) is 30.4 Å². The molecule has 0 radical (unpaired) electrons. The van der Waals surface area contributed by atoms with Crippen LogP contribution < -0.4 is 0 Å². The Bertz CT molecular complexity index is 481. The summed E-state index contributed by atoms with van der Waals surface area (Å²) < 4.78 is 0. The lowest BCUT2D eigenvalue weighted by Gasteiger charge is -2.30. The molecule has 4 heteroatoms. The van der Waals surface area contributed by atoms with E-state index < -0.39 is 5.92 Å². The number of carbonyl (C=O) groups excluding carboxylic acids is 3. The van der Waals surface area contributed by atoms with Crippen LogP contribution in [0.4, 0.5) is 0 Å². The van der Waals surface area contributed by atoms with Gasteiger partial charge in [-0.05, 0) is 19.1 Å². The lowest BCUT2D eigenvalue weighted by atomic mass is 9.92. The molecule has 1 aromatic rings. The maximum Gasteiger partial charge on any atom is 0.253 e. The summed E-state index contributed by atoms with van der Waals surface area (Å²) in [5.41, 5.74) is 0.592. The summed E-state index contributed by atoms with van der Waals surface area (Å²) in [6.45, 7) is 2.01.